The zero-order valence-corrected chi connectivity index (χ0v) is 11.8. The molecular formula is C13H20N4OS. The summed E-state index contributed by atoms with van der Waals surface area (Å²) in [5.74, 6) is 1.69. The van der Waals surface area contributed by atoms with E-state index >= 15 is 0 Å². The molecule has 0 spiro atoms. The summed E-state index contributed by atoms with van der Waals surface area (Å²) in [7, 11) is 0. The lowest BCUT2D eigenvalue weighted by Gasteiger charge is -2.09. The highest BCUT2D eigenvalue weighted by Gasteiger charge is 2.25. The molecule has 1 aromatic rings. The van der Waals surface area contributed by atoms with Gasteiger partial charge in [-0.3, -0.25) is 9.89 Å². The number of carbonyl (C=O) groups is 1. The fourth-order valence-corrected chi connectivity index (χ4v) is 3.82. The molecule has 1 saturated carbocycles. The van der Waals surface area contributed by atoms with Crippen LogP contribution in [0.3, 0.4) is 0 Å². The van der Waals surface area contributed by atoms with Crippen LogP contribution in [0.2, 0.25) is 0 Å². The first kappa shape index (κ1) is 13.0. The van der Waals surface area contributed by atoms with Crippen LogP contribution in [0.5, 0.6) is 0 Å². The smallest absolute Gasteiger partial charge is 0.233 e. The van der Waals surface area contributed by atoms with Crippen LogP contribution < -0.4 is 5.32 Å². The lowest BCUT2D eigenvalue weighted by molar-refractivity contribution is -0.120. The molecule has 1 aromatic heterocycles. The van der Waals surface area contributed by atoms with Crippen molar-refractivity contribution in [3.05, 3.63) is 5.82 Å². The van der Waals surface area contributed by atoms with Gasteiger partial charge in [-0.1, -0.05) is 31.0 Å². The highest BCUT2D eigenvalue weighted by Crippen LogP contribution is 2.33. The number of aromatic amines is 1. The van der Waals surface area contributed by atoms with Gasteiger partial charge in [0.1, 0.15) is 5.82 Å². The van der Waals surface area contributed by atoms with E-state index in [0.29, 0.717) is 5.92 Å². The predicted octanol–water partition coefficient (Wildman–Crippen LogP) is 2.22. The number of hydrogen-bond acceptors (Lipinski definition) is 4. The van der Waals surface area contributed by atoms with Gasteiger partial charge in [-0.2, -0.15) is 0 Å². The Morgan fingerprint density at radius 2 is 1.89 bits per heavy atom. The molecule has 3 rings (SSSR count). The van der Waals surface area contributed by atoms with Gasteiger partial charge in [-0.25, -0.2) is 4.98 Å². The Morgan fingerprint density at radius 3 is 2.74 bits per heavy atom. The number of aromatic nitrogens is 3. The van der Waals surface area contributed by atoms with Crippen molar-refractivity contribution in [2.75, 3.05) is 6.54 Å². The van der Waals surface area contributed by atoms with Gasteiger partial charge in [0, 0.05) is 12.5 Å². The minimum atomic E-state index is -0.0327. The maximum absolute atomic E-state index is 11.9. The van der Waals surface area contributed by atoms with Crippen molar-refractivity contribution in [2.24, 2.45) is 0 Å². The van der Waals surface area contributed by atoms with E-state index in [0.717, 1.165) is 36.8 Å². The second-order valence-electron chi connectivity index (χ2n) is 5.38. The largest absolute Gasteiger partial charge is 0.355 e. The molecule has 1 aliphatic carbocycles. The maximum atomic E-state index is 11.9. The zero-order chi connectivity index (χ0) is 13.1. The summed E-state index contributed by atoms with van der Waals surface area (Å²) >= 11 is 1.50. The number of nitrogens with zero attached hydrogens (tertiary/aromatic N) is 2. The van der Waals surface area contributed by atoms with E-state index < -0.39 is 0 Å². The number of hydrogen-bond donors (Lipinski definition) is 2. The normalized spacial score (nSPS) is 25.3. The molecule has 6 heteroatoms. The van der Waals surface area contributed by atoms with E-state index in [1.165, 1.54) is 37.4 Å². The topological polar surface area (TPSA) is 70.7 Å². The number of rotatable bonds is 3. The number of carbonyl (C=O) groups excluding carboxylic acids is 1. The Kier molecular flexibility index (Phi) is 4.06. The van der Waals surface area contributed by atoms with E-state index in [2.05, 4.69) is 20.5 Å². The standard InChI is InChI=1S/C13H20N4OS/c18-12-10(7-3-4-8-14-12)19-13-15-11(16-17-13)9-5-1-2-6-9/h9-10H,1-8H2,(H,14,18)(H,15,16,17). The summed E-state index contributed by atoms with van der Waals surface area (Å²) in [5.41, 5.74) is 0. The minimum Gasteiger partial charge on any atom is -0.355 e. The van der Waals surface area contributed by atoms with Crippen molar-refractivity contribution in [3.63, 3.8) is 0 Å². The van der Waals surface area contributed by atoms with Crippen molar-refractivity contribution in [3.8, 4) is 0 Å². The molecule has 0 bridgehead atoms. The molecule has 1 amide bonds. The molecule has 1 saturated heterocycles. The Labute approximate surface area is 117 Å². The molecule has 2 fully saturated rings. The molecule has 0 radical (unpaired) electrons. The van der Waals surface area contributed by atoms with Crippen LogP contribution >= 0.6 is 11.8 Å². The fraction of sp³-hybridized carbons (Fsp3) is 0.769. The van der Waals surface area contributed by atoms with Crippen molar-refractivity contribution in [2.45, 2.75) is 61.3 Å². The van der Waals surface area contributed by atoms with Crippen LogP contribution in [-0.2, 0) is 4.79 Å². The van der Waals surface area contributed by atoms with Gasteiger partial charge < -0.3 is 5.32 Å². The lowest BCUT2D eigenvalue weighted by Crippen LogP contribution is -2.30. The minimum absolute atomic E-state index is 0.0327. The lowest BCUT2D eigenvalue weighted by atomic mass is 10.1. The molecular weight excluding hydrogens is 260 g/mol. The quantitative estimate of drug-likeness (QED) is 0.890. The fourth-order valence-electron chi connectivity index (χ4n) is 2.84. The monoisotopic (exact) mass is 280 g/mol. The molecule has 2 heterocycles. The summed E-state index contributed by atoms with van der Waals surface area (Å²) in [6.45, 7) is 0.803. The van der Waals surface area contributed by atoms with Crippen LogP contribution in [0.15, 0.2) is 5.16 Å². The van der Waals surface area contributed by atoms with E-state index in [1.54, 1.807) is 0 Å². The van der Waals surface area contributed by atoms with Crippen molar-refractivity contribution < 1.29 is 4.79 Å². The van der Waals surface area contributed by atoms with Crippen molar-refractivity contribution in [1.29, 1.82) is 0 Å². The Morgan fingerprint density at radius 1 is 1.11 bits per heavy atom. The second-order valence-corrected chi connectivity index (χ2v) is 6.55. The number of nitrogens with one attached hydrogen (secondary N) is 2. The molecule has 2 aliphatic rings. The van der Waals surface area contributed by atoms with Gasteiger partial charge in [0.25, 0.3) is 0 Å². The van der Waals surface area contributed by atoms with E-state index in [4.69, 9.17) is 0 Å². The van der Waals surface area contributed by atoms with E-state index in [9.17, 15) is 4.79 Å². The zero-order valence-electron chi connectivity index (χ0n) is 11.0. The Hall–Kier alpha value is -1.04. The summed E-state index contributed by atoms with van der Waals surface area (Å²) < 4.78 is 0. The third kappa shape index (κ3) is 3.11. The van der Waals surface area contributed by atoms with E-state index in [1.807, 2.05) is 0 Å². The Balaban J connectivity index is 1.64. The van der Waals surface area contributed by atoms with Gasteiger partial charge in [-0.15, -0.1) is 5.10 Å². The molecule has 1 aliphatic heterocycles. The third-order valence-corrected chi connectivity index (χ3v) is 5.08. The second kappa shape index (κ2) is 5.94. The van der Waals surface area contributed by atoms with Crippen LogP contribution in [0.25, 0.3) is 0 Å². The van der Waals surface area contributed by atoms with Crippen LogP contribution in [0.1, 0.15) is 56.7 Å². The summed E-state index contributed by atoms with van der Waals surface area (Å²) in [5, 5.41) is 11.0. The van der Waals surface area contributed by atoms with Gasteiger partial charge in [0.05, 0.1) is 5.25 Å². The van der Waals surface area contributed by atoms with Gasteiger partial charge in [0.15, 0.2) is 0 Å². The first-order valence-electron chi connectivity index (χ1n) is 7.19. The number of amides is 1. The molecule has 104 valence electrons. The maximum Gasteiger partial charge on any atom is 0.233 e. The molecule has 5 nitrogen and oxygen atoms in total. The first-order chi connectivity index (χ1) is 9.33. The van der Waals surface area contributed by atoms with Crippen LogP contribution in [0, 0.1) is 0 Å². The molecule has 0 aromatic carbocycles. The van der Waals surface area contributed by atoms with Gasteiger partial charge in [0.2, 0.25) is 11.1 Å². The average molecular weight is 280 g/mol. The predicted molar refractivity (Wildman–Crippen MR) is 74.1 cm³/mol. The molecule has 2 N–H and O–H groups in total. The number of thioether (sulfide) groups is 1. The van der Waals surface area contributed by atoms with E-state index in [-0.39, 0.29) is 11.2 Å². The van der Waals surface area contributed by atoms with Crippen molar-refractivity contribution >= 4 is 17.7 Å². The molecule has 1 atom stereocenters. The SMILES string of the molecule is O=C1NCCCCC1Sc1n[nH]c(C2CCCC2)n1. The molecule has 1 unspecified atom stereocenters. The molecule has 19 heavy (non-hydrogen) atoms. The summed E-state index contributed by atoms with van der Waals surface area (Å²) in [6, 6.07) is 0. The Bertz CT molecular complexity index is 442. The highest BCUT2D eigenvalue weighted by atomic mass is 32.2. The highest BCUT2D eigenvalue weighted by molar-refractivity contribution is 8.00. The third-order valence-electron chi connectivity index (χ3n) is 3.96. The summed E-state index contributed by atoms with van der Waals surface area (Å²) in [4.78, 5) is 16.5. The average Bonchev–Trinajstić information content (AvgIpc) is 3.03. The van der Waals surface area contributed by atoms with Crippen LogP contribution in [-0.4, -0.2) is 32.9 Å². The van der Waals surface area contributed by atoms with Gasteiger partial charge in [-0.05, 0) is 25.7 Å². The number of H-pyrrole nitrogens is 1. The summed E-state index contributed by atoms with van der Waals surface area (Å²) in [6.07, 6.45) is 8.09. The van der Waals surface area contributed by atoms with Gasteiger partial charge >= 0.3 is 0 Å². The van der Waals surface area contributed by atoms with Crippen molar-refractivity contribution in [1.82, 2.24) is 20.5 Å². The van der Waals surface area contributed by atoms with Crippen LogP contribution in [0.4, 0.5) is 0 Å². The first-order valence-corrected chi connectivity index (χ1v) is 8.07.